The van der Waals surface area contributed by atoms with Crippen LogP contribution in [0, 0.1) is 18.0 Å². The third kappa shape index (κ3) is 6.78. The van der Waals surface area contributed by atoms with Crippen molar-refractivity contribution in [1.82, 2.24) is 14.9 Å². The highest BCUT2D eigenvalue weighted by Crippen LogP contribution is 2.28. The van der Waals surface area contributed by atoms with Gasteiger partial charge < -0.3 is 15.8 Å². The number of hydrogen-bond acceptors (Lipinski definition) is 7. The van der Waals surface area contributed by atoms with Gasteiger partial charge in [-0.05, 0) is 50.3 Å². The molecule has 2 amide bonds. The summed E-state index contributed by atoms with van der Waals surface area (Å²) in [5.41, 5.74) is 0. The topological polar surface area (TPSA) is 140 Å². The monoisotopic (exact) mass is 562 g/mol. The molecular weight excluding hydrogens is 528 g/mol. The number of thiophene rings is 1. The van der Waals surface area contributed by atoms with Gasteiger partial charge in [-0.3, -0.25) is 14.4 Å². The van der Waals surface area contributed by atoms with Crippen molar-refractivity contribution in [2.45, 2.75) is 75.4 Å². The Morgan fingerprint density at radius 3 is 2.58 bits per heavy atom. The highest BCUT2D eigenvalue weighted by molar-refractivity contribution is 7.89. The summed E-state index contributed by atoms with van der Waals surface area (Å²) in [5.74, 6) is -0.908. The number of carbonyl (C=O) groups is 3. The van der Waals surface area contributed by atoms with Gasteiger partial charge in [0.2, 0.25) is 5.91 Å². The van der Waals surface area contributed by atoms with Gasteiger partial charge in [-0.1, -0.05) is 32.1 Å². The van der Waals surface area contributed by atoms with Crippen molar-refractivity contribution in [2.75, 3.05) is 13.1 Å². The lowest BCUT2D eigenvalue weighted by Gasteiger charge is -2.27. The number of aryl methyl sites for hydroxylation is 1. The Labute approximate surface area is 227 Å². The second-order valence-corrected chi connectivity index (χ2v) is 13.2. The number of rotatable bonds is 8. The molecule has 0 unspecified atom stereocenters. The molecule has 2 fully saturated rings. The molecule has 2 aromatic rings. The molecule has 2 atom stereocenters. The van der Waals surface area contributed by atoms with Crippen LogP contribution in [-0.4, -0.2) is 55.5 Å². The molecule has 12 heteroatoms. The Kier molecular flexibility index (Phi) is 9.16. The number of sulfonamides is 1. The number of ketones is 1. The van der Waals surface area contributed by atoms with Gasteiger partial charge >= 0.3 is 15.0 Å². The van der Waals surface area contributed by atoms with Crippen LogP contribution in [0.2, 0.25) is 0 Å². The molecular formula is C26H34N4O6S2. The molecule has 1 aliphatic heterocycles. The molecule has 2 aromatic heterocycles. The van der Waals surface area contributed by atoms with Crippen LogP contribution in [0.3, 0.4) is 0 Å². The molecule has 0 bridgehead atoms. The number of Topliss-reactive ketones (excluding diaryl/α,β-unsaturated/α-hetero) is 1. The average molecular weight is 563 g/mol. The first-order valence-corrected chi connectivity index (χ1v) is 15.3. The number of amides is 2. The van der Waals surface area contributed by atoms with Crippen LogP contribution in [0.25, 0.3) is 0 Å². The molecule has 1 saturated heterocycles. The van der Waals surface area contributed by atoms with Crippen LogP contribution in [0.4, 0.5) is 0 Å². The zero-order valence-corrected chi connectivity index (χ0v) is 23.1. The number of pyridine rings is 1. The Balaban J connectivity index is 1.45. The van der Waals surface area contributed by atoms with E-state index in [0.717, 1.165) is 41.1 Å². The van der Waals surface area contributed by atoms with E-state index in [0.29, 0.717) is 23.6 Å². The van der Waals surface area contributed by atoms with E-state index in [1.807, 2.05) is 13.0 Å². The lowest BCUT2D eigenvalue weighted by molar-refractivity contribution is -0.646. The van der Waals surface area contributed by atoms with Crippen LogP contribution < -0.4 is 15.4 Å². The summed E-state index contributed by atoms with van der Waals surface area (Å²) >= 11 is 1.35. The Bertz CT molecular complexity index is 1270. The Morgan fingerprint density at radius 2 is 1.89 bits per heavy atom. The summed E-state index contributed by atoms with van der Waals surface area (Å²) in [5, 5.41) is 17.3. The van der Waals surface area contributed by atoms with Crippen molar-refractivity contribution in [3.05, 3.63) is 51.5 Å². The van der Waals surface area contributed by atoms with E-state index in [1.54, 1.807) is 6.07 Å². The van der Waals surface area contributed by atoms with Crippen LogP contribution >= 0.6 is 11.3 Å². The highest BCUT2D eigenvalue weighted by atomic mass is 32.2. The summed E-state index contributed by atoms with van der Waals surface area (Å²) in [6.45, 7) is 1.51. The SMILES string of the molecule is Cc1ccc(C(=O)N[C@@H](CC2CCCCC2)C(=O)N[C@@H]2CCCN(S(=O)(=O)c3cccc[n+]3[O-])CC2=O)s1. The summed E-state index contributed by atoms with van der Waals surface area (Å²) in [6.07, 6.45) is 7.50. The number of nitrogens with one attached hydrogen (secondary N) is 2. The van der Waals surface area contributed by atoms with E-state index in [1.165, 1.54) is 36.0 Å². The zero-order valence-electron chi connectivity index (χ0n) is 21.4. The predicted octanol–water partition coefficient (Wildman–Crippen LogP) is 2.30. The van der Waals surface area contributed by atoms with Gasteiger partial charge in [0.15, 0.2) is 12.0 Å². The summed E-state index contributed by atoms with van der Waals surface area (Å²) in [4.78, 5) is 40.9. The van der Waals surface area contributed by atoms with E-state index < -0.39 is 45.4 Å². The minimum absolute atomic E-state index is 0.0509. The number of aromatic nitrogens is 1. The lowest BCUT2D eigenvalue weighted by atomic mass is 9.84. The smallest absolute Gasteiger partial charge is 0.323 e. The normalized spacial score (nSPS) is 20.4. The number of carbonyl (C=O) groups excluding carboxylic acids is 3. The summed E-state index contributed by atoms with van der Waals surface area (Å²) in [7, 11) is -4.19. The van der Waals surface area contributed by atoms with E-state index >= 15 is 0 Å². The maximum Gasteiger partial charge on any atom is 0.323 e. The molecule has 1 aliphatic carbocycles. The van der Waals surface area contributed by atoms with Crippen LogP contribution in [0.5, 0.6) is 0 Å². The minimum Gasteiger partial charge on any atom is -0.618 e. The molecule has 0 spiro atoms. The second kappa shape index (κ2) is 12.4. The molecule has 206 valence electrons. The molecule has 4 rings (SSSR count). The largest absolute Gasteiger partial charge is 0.618 e. The molecule has 38 heavy (non-hydrogen) atoms. The van der Waals surface area contributed by atoms with Crippen LogP contribution in [-0.2, 0) is 19.6 Å². The van der Waals surface area contributed by atoms with Crippen molar-refractivity contribution >= 4 is 39.0 Å². The van der Waals surface area contributed by atoms with E-state index in [4.69, 9.17) is 0 Å². The number of nitrogens with zero attached hydrogens (tertiary/aromatic N) is 2. The first-order valence-electron chi connectivity index (χ1n) is 13.0. The van der Waals surface area contributed by atoms with Crippen LogP contribution in [0.15, 0.2) is 41.6 Å². The highest BCUT2D eigenvalue weighted by Gasteiger charge is 2.37. The lowest BCUT2D eigenvalue weighted by Crippen LogP contribution is -2.53. The molecule has 2 N–H and O–H groups in total. The molecule has 2 aliphatic rings. The quantitative estimate of drug-likeness (QED) is 0.374. The predicted molar refractivity (Wildman–Crippen MR) is 142 cm³/mol. The maximum atomic E-state index is 13.4. The fraction of sp³-hybridized carbons (Fsp3) is 0.538. The fourth-order valence-corrected chi connectivity index (χ4v) is 7.38. The molecule has 10 nitrogen and oxygen atoms in total. The third-order valence-electron chi connectivity index (χ3n) is 7.21. The van der Waals surface area contributed by atoms with Gasteiger partial charge in [-0.15, -0.1) is 11.3 Å². The van der Waals surface area contributed by atoms with Crippen molar-refractivity contribution < 1.29 is 27.5 Å². The van der Waals surface area contributed by atoms with Gasteiger partial charge in [0.25, 0.3) is 5.91 Å². The van der Waals surface area contributed by atoms with Gasteiger partial charge in [-0.2, -0.15) is 9.04 Å². The van der Waals surface area contributed by atoms with E-state index in [-0.39, 0.29) is 23.6 Å². The van der Waals surface area contributed by atoms with Crippen molar-refractivity contribution in [2.24, 2.45) is 5.92 Å². The van der Waals surface area contributed by atoms with Gasteiger partial charge in [0.1, 0.15) is 6.04 Å². The van der Waals surface area contributed by atoms with E-state index in [9.17, 15) is 28.0 Å². The first-order chi connectivity index (χ1) is 18.1. The summed E-state index contributed by atoms with van der Waals surface area (Å²) in [6, 6.07) is 5.97. The van der Waals surface area contributed by atoms with Crippen molar-refractivity contribution in [1.29, 1.82) is 0 Å². The molecule has 0 aromatic carbocycles. The van der Waals surface area contributed by atoms with Crippen LogP contribution in [0.1, 0.15) is 65.9 Å². The Hall–Kier alpha value is -2.83. The molecule has 0 radical (unpaired) electrons. The fourth-order valence-electron chi connectivity index (χ4n) is 5.14. The van der Waals surface area contributed by atoms with Gasteiger partial charge in [0.05, 0.1) is 17.5 Å². The Morgan fingerprint density at radius 1 is 1.13 bits per heavy atom. The number of hydrogen-bond donors (Lipinski definition) is 2. The zero-order chi connectivity index (χ0) is 27.3. The van der Waals surface area contributed by atoms with E-state index in [2.05, 4.69) is 10.6 Å². The summed E-state index contributed by atoms with van der Waals surface area (Å²) < 4.78 is 27.3. The maximum absolute atomic E-state index is 13.4. The standard InChI is InChI=1S/C26H34N4O6S2/c1-18-12-13-23(37-18)26(33)28-21(16-19-8-3-2-4-9-19)25(32)27-20-10-7-14-29(17-22(20)31)38(35,36)24-11-5-6-15-30(24)34/h5-6,11-13,15,19-21H,2-4,7-10,14,16-17H2,1H3,(H,27,32)(H,28,33)/t20-,21+/m1/s1. The first kappa shape index (κ1) is 28.2. The van der Waals surface area contributed by atoms with Gasteiger partial charge in [0, 0.05) is 23.6 Å². The van der Waals surface area contributed by atoms with Gasteiger partial charge in [-0.25, -0.2) is 8.42 Å². The molecule has 3 heterocycles. The molecule has 1 saturated carbocycles. The van der Waals surface area contributed by atoms with Crippen molar-refractivity contribution in [3.63, 3.8) is 0 Å². The third-order valence-corrected chi connectivity index (χ3v) is 10.0. The minimum atomic E-state index is -4.19. The average Bonchev–Trinajstić information content (AvgIpc) is 3.25. The van der Waals surface area contributed by atoms with Crippen molar-refractivity contribution in [3.8, 4) is 0 Å². The second-order valence-electron chi connectivity index (χ2n) is 10.0.